The molecule has 92 valence electrons. The monoisotopic (exact) mass is 233 g/mol. The highest BCUT2D eigenvalue weighted by Gasteiger charge is 2.08. The average Bonchev–Trinajstić information content (AvgIpc) is 2.37. The summed E-state index contributed by atoms with van der Waals surface area (Å²) in [6, 6.07) is 5.72. The Balaban J connectivity index is 2.56. The highest BCUT2D eigenvalue weighted by molar-refractivity contribution is 5.53. The summed E-state index contributed by atoms with van der Waals surface area (Å²) in [5.74, 6) is 0.441. The molecule has 0 amide bonds. The Morgan fingerprint density at radius 3 is 3.00 bits per heavy atom. The molecule has 1 heterocycles. The lowest BCUT2D eigenvalue weighted by atomic mass is 10.00. The van der Waals surface area contributed by atoms with E-state index in [4.69, 9.17) is 10.4 Å². The lowest BCUT2D eigenvalue weighted by Gasteiger charge is -2.16. The number of aliphatic hydroxyl groups excluding tert-OH is 1. The highest BCUT2D eigenvalue weighted by Crippen LogP contribution is 2.15. The fraction of sp³-hybridized carbons (Fsp3) is 0.538. The van der Waals surface area contributed by atoms with Crippen LogP contribution in [-0.4, -0.2) is 23.2 Å². The van der Waals surface area contributed by atoms with Crippen molar-refractivity contribution in [2.75, 3.05) is 18.5 Å². The van der Waals surface area contributed by atoms with Crippen molar-refractivity contribution in [3.05, 3.63) is 24.0 Å². The van der Waals surface area contributed by atoms with Gasteiger partial charge in [-0.15, -0.1) is 0 Å². The fourth-order valence-electron chi connectivity index (χ4n) is 1.83. The van der Waals surface area contributed by atoms with E-state index in [9.17, 15) is 0 Å². The number of hydrogen-bond acceptors (Lipinski definition) is 4. The summed E-state index contributed by atoms with van der Waals surface area (Å²) in [6.45, 7) is 3.12. The van der Waals surface area contributed by atoms with Crippen LogP contribution in [0.3, 0.4) is 0 Å². The molecule has 2 N–H and O–H groups in total. The molecule has 0 saturated heterocycles. The van der Waals surface area contributed by atoms with Crippen LogP contribution in [0, 0.1) is 17.2 Å². The van der Waals surface area contributed by atoms with Crippen molar-refractivity contribution in [1.29, 1.82) is 5.26 Å². The smallest absolute Gasteiger partial charge is 0.163 e. The van der Waals surface area contributed by atoms with Gasteiger partial charge in [0, 0.05) is 19.3 Å². The van der Waals surface area contributed by atoms with E-state index >= 15 is 0 Å². The zero-order chi connectivity index (χ0) is 12.5. The Kier molecular flexibility index (Phi) is 6.05. The minimum atomic E-state index is 0.213. The van der Waals surface area contributed by atoms with Gasteiger partial charge in [0.05, 0.1) is 5.69 Å². The third-order valence-electron chi connectivity index (χ3n) is 2.73. The van der Waals surface area contributed by atoms with Crippen LogP contribution < -0.4 is 5.32 Å². The van der Waals surface area contributed by atoms with E-state index in [1.54, 1.807) is 6.20 Å². The molecule has 1 aromatic rings. The van der Waals surface area contributed by atoms with Crippen LogP contribution >= 0.6 is 0 Å². The van der Waals surface area contributed by atoms with Crippen LogP contribution in [0.4, 0.5) is 5.69 Å². The second-order valence-corrected chi connectivity index (χ2v) is 4.06. The number of nitriles is 1. The van der Waals surface area contributed by atoms with E-state index in [0.717, 1.165) is 31.5 Å². The van der Waals surface area contributed by atoms with Crippen molar-refractivity contribution < 1.29 is 5.11 Å². The molecule has 4 heteroatoms. The summed E-state index contributed by atoms with van der Waals surface area (Å²) in [5, 5.41) is 21.1. The Hall–Kier alpha value is -1.60. The Morgan fingerprint density at radius 1 is 1.53 bits per heavy atom. The number of rotatable bonds is 7. The molecule has 0 radical (unpaired) electrons. The van der Waals surface area contributed by atoms with Crippen molar-refractivity contribution in [1.82, 2.24) is 4.98 Å². The molecule has 0 saturated carbocycles. The summed E-state index contributed by atoms with van der Waals surface area (Å²) in [5.41, 5.74) is 1.20. The zero-order valence-electron chi connectivity index (χ0n) is 10.2. The van der Waals surface area contributed by atoms with Gasteiger partial charge in [-0.1, -0.05) is 13.3 Å². The summed E-state index contributed by atoms with van der Waals surface area (Å²) in [4.78, 5) is 3.99. The Labute approximate surface area is 102 Å². The molecule has 0 spiro atoms. The number of nitrogens with one attached hydrogen (secondary N) is 1. The van der Waals surface area contributed by atoms with Crippen molar-refractivity contribution >= 4 is 5.69 Å². The van der Waals surface area contributed by atoms with Gasteiger partial charge in [0.15, 0.2) is 5.69 Å². The summed E-state index contributed by atoms with van der Waals surface area (Å²) >= 11 is 0. The second-order valence-electron chi connectivity index (χ2n) is 4.06. The average molecular weight is 233 g/mol. The Bertz CT molecular complexity index is 367. The van der Waals surface area contributed by atoms with Crippen LogP contribution in [0.2, 0.25) is 0 Å². The van der Waals surface area contributed by atoms with Crippen LogP contribution in [0.15, 0.2) is 18.3 Å². The summed E-state index contributed by atoms with van der Waals surface area (Å²) < 4.78 is 0. The summed E-state index contributed by atoms with van der Waals surface area (Å²) in [6.07, 6.45) is 4.59. The van der Waals surface area contributed by atoms with Gasteiger partial charge in [-0.2, -0.15) is 5.26 Å². The van der Waals surface area contributed by atoms with Gasteiger partial charge in [-0.05, 0) is 30.9 Å². The SMILES string of the molecule is CCCC(CCO)CNc1cccnc1C#N. The minimum Gasteiger partial charge on any atom is -0.396 e. The molecule has 1 unspecified atom stereocenters. The van der Waals surface area contributed by atoms with Gasteiger partial charge in [0.25, 0.3) is 0 Å². The molecule has 0 fully saturated rings. The molecule has 0 bridgehead atoms. The fourth-order valence-corrected chi connectivity index (χ4v) is 1.83. The van der Waals surface area contributed by atoms with Gasteiger partial charge >= 0.3 is 0 Å². The van der Waals surface area contributed by atoms with Crippen molar-refractivity contribution in [2.24, 2.45) is 5.92 Å². The van der Waals surface area contributed by atoms with E-state index in [2.05, 4.69) is 23.3 Å². The predicted octanol–water partition coefficient (Wildman–Crippen LogP) is 2.16. The number of hydrogen-bond donors (Lipinski definition) is 2. The lowest BCUT2D eigenvalue weighted by molar-refractivity contribution is 0.255. The second kappa shape index (κ2) is 7.64. The first-order valence-electron chi connectivity index (χ1n) is 6.01. The maximum absolute atomic E-state index is 8.97. The molecule has 17 heavy (non-hydrogen) atoms. The van der Waals surface area contributed by atoms with Gasteiger partial charge < -0.3 is 10.4 Å². The molecule has 0 aliphatic carbocycles. The van der Waals surface area contributed by atoms with Gasteiger partial charge in [0.1, 0.15) is 6.07 Å². The van der Waals surface area contributed by atoms with Gasteiger partial charge in [-0.3, -0.25) is 0 Å². The maximum atomic E-state index is 8.97. The zero-order valence-corrected chi connectivity index (χ0v) is 10.2. The van der Waals surface area contributed by atoms with Crippen LogP contribution in [0.5, 0.6) is 0 Å². The molecule has 0 aliphatic rings. The molecule has 1 atom stereocenters. The Morgan fingerprint density at radius 2 is 2.35 bits per heavy atom. The quantitative estimate of drug-likeness (QED) is 0.757. The standard InChI is InChI=1S/C13H19N3O/c1-2-4-11(6-8-17)10-16-12-5-3-7-15-13(12)9-14/h3,5,7,11,16-17H,2,4,6,8,10H2,1H3. The molecular formula is C13H19N3O. The minimum absolute atomic E-state index is 0.213. The van der Waals surface area contributed by atoms with Crippen molar-refractivity contribution in [2.45, 2.75) is 26.2 Å². The van der Waals surface area contributed by atoms with E-state index in [1.165, 1.54) is 0 Å². The normalized spacial score (nSPS) is 11.8. The molecule has 0 aromatic carbocycles. The van der Waals surface area contributed by atoms with Gasteiger partial charge in [0.2, 0.25) is 0 Å². The van der Waals surface area contributed by atoms with E-state index in [-0.39, 0.29) is 6.61 Å². The van der Waals surface area contributed by atoms with Crippen LogP contribution in [-0.2, 0) is 0 Å². The first-order valence-corrected chi connectivity index (χ1v) is 6.01. The molecule has 1 rings (SSSR count). The predicted molar refractivity (Wildman–Crippen MR) is 67.5 cm³/mol. The third kappa shape index (κ3) is 4.41. The first kappa shape index (κ1) is 13.5. The number of aliphatic hydroxyl groups is 1. The highest BCUT2D eigenvalue weighted by atomic mass is 16.3. The van der Waals surface area contributed by atoms with Crippen LogP contribution in [0.1, 0.15) is 31.9 Å². The molecule has 1 aromatic heterocycles. The number of nitrogens with zero attached hydrogens (tertiary/aromatic N) is 2. The van der Waals surface area contributed by atoms with Crippen molar-refractivity contribution in [3.63, 3.8) is 0 Å². The number of aromatic nitrogens is 1. The van der Waals surface area contributed by atoms with E-state index in [1.807, 2.05) is 12.1 Å². The first-order chi connectivity index (χ1) is 8.31. The van der Waals surface area contributed by atoms with Crippen LogP contribution in [0.25, 0.3) is 0 Å². The molecule has 0 aliphatic heterocycles. The molecule has 4 nitrogen and oxygen atoms in total. The topological polar surface area (TPSA) is 68.9 Å². The van der Waals surface area contributed by atoms with E-state index in [0.29, 0.717) is 11.6 Å². The van der Waals surface area contributed by atoms with Crippen molar-refractivity contribution in [3.8, 4) is 6.07 Å². The largest absolute Gasteiger partial charge is 0.396 e. The number of pyridine rings is 1. The summed E-state index contributed by atoms with van der Waals surface area (Å²) in [7, 11) is 0. The van der Waals surface area contributed by atoms with E-state index < -0.39 is 0 Å². The third-order valence-corrected chi connectivity index (χ3v) is 2.73. The molecular weight excluding hydrogens is 214 g/mol. The number of anilines is 1. The lowest BCUT2D eigenvalue weighted by Crippen LogP contribution is -2.16. The van der Waals surface area contributed by atoms with Gasteiger partial charge in [-0.25, -0.2) is 4.98 Å². The maximum Gasteiger partial charge on any atom is 0.163 e.